The van der Waals surface area contributed by atoms with Crippen LogP contribution in [0.25, 0.3) is 11.3 Å². The van der Waals surface area contributed by atoms with Crippen molar-refractivity contribution < 1.29 is 14.2 Å². The standard InChI is InChI=1S/C21H23N5O3.ClH/c1-2-18-19(29-14-28-18)10-16(1)21-17(13-24-25-21)12-22-11-15-3-4-23-20(9-15)26-5-7-27-8-6-26;/h1-4,9-10,13,22H,5-8,11-12,14H2,(H,24,25);1H. The number of ether oxygens (including phenoxy) is 3. The van der Waals surface area contributed by atoms with Crippen LogP contribution in [0.1, 0.15) is 11.1 Å². The van der Waals surface area contributed by atoms with E-state index in [0.717, 1.165) is 67.0 Å². The van der Waals surface area contributed by atoms with E-state index in [0.29, 0.717) is 6.54 Å². The number of pyridine rings is 1. The molecule has 0 bridgehead atoms. The molecule has 3 aromatic rings. The highest BCUT2D eigenvalue weighted by Crippen LogP contribution is 2.36. The lowest BCUT2D eigenvalue weighted by atomic mass is 10.1. The number of rotatable bonds is 6. The average Bonchev–Trinajstić information content (AvgIpc) is 3.43. The van der Waals surface area contributed by atoms with Crippen molar-refractivity contribution in [2.75, 3.05) is 38.0 Å². The van der Waals surface area contributed by atoms with Gasteiger partial charge in [0.25, 0.3) is 0 Å². The molecule has 1 saturated heterocycles. The van der Waals surface area contributed by atoms with Crippen molar-refractivity contribution in [1.29, 1.82) is 0 Å². The molecule has 2 aliphatic rings. The highest BCUT2D eigenvalue weighted by Gasteiger charge is 2.16. The molecular formula is C21H24ClN5O3. The predicted molar refractivity (Wildman–Crippen MR) is 115 cm³/mol. The molecule has 0 radical (unpaired) electrons. The maximum absolute atomic E-state index is 5.49. The number of hydrogen-bond acceptors (Lipinski definition) is 7. The van der Waals surface area contributed by atoms with Gasteiger partial charge in [0.1, 0.15) is 5.82 Å². The van der Waals surface area contributed by atoms with Crippen LogP contribution in [0.2, 0.25) is 0 Å². The van der Waals surface area contributed by atoms with Gasteiger partial charge in [-0.2, -0.15) is 5.10 Å². The number of nitrogens with one attached hydrogen (secondary N) is 2. The fraction of sp³-hybridized carbons (Fsp3) is 0.333. The first kappa shape index (κ1) is 20.5. The molecule has 158 valence electrons. The van der Waals surface area contributed by atoms with Gasteiger partial charge in [-0.05, 0) is 35.9 Å². The zero-order chi connectivity index (χ0) is 19.5. The molecule has 1 aromatic carbocycles. The minimum Gasteiger partial charge on any atom is -0.454 e. The van der Waals surface area contributed by atoms with Crippen molar-refractivity contribution in [1.82, 2.24) is 20.5 Å². The third kappa shape index (κ3) is 4.35. The van der Waals surface area contributed by atoms with Crippen LogP contribution in [-0.4, -0.2) is 48.3 Å². The monoisotopic (exact) mass is 429 g/mol. The molecule has 0 amide bonds. The molecule has 5 rings (SSSR count). The second kappa shape index (κ2) is 9.34. The van der Waals surface area contributed by atoms with Gasteiger partial charge in [-0.3, -0.25) is 5.10 Å². The number of hydrogen-bond donors (Lipinski definition) is 2. The molecule has 30 heavy (non-hydrogen) atoms. The summed E-state index contributed by atoms with van der Waals surface area (Å²) in [4.78, 5) is 6.77. The van der Waals surface area contributed by atoms with Crippen molar-refractivity contribution in [3.05, 3.63) is 53.9 Å². The summed E-state index contributed by atoms with van der Waals surface area (Å²) in [6.45, 7) is 5.02. The quantitative estimate of drug-likeness (QED) is 0.623. The van der Waals surface area contributed by atoms with Crippen LogP contribution in [0.15, 0.2) is 42.7 Å². The first-order valence-electron chi connectivity index (χ1n) is 9.77. The van der Waals surface area contributed by atoms with E-state index in [2.05, 4.69) is 31.5 Å². The van der Waals surface area contributed by atoms with Crippen molar-refractivity contribution >= 4 is 18.2 Å². The smallest absolute Gasteiger partial charge is 0.231 e. The number of morpholine rings is 1. The fourth-order valence-electron chi connectivity index (χ4n) is 3.62. The Hall–Kier alpha value is -2.81. The van der Waals surface area contributed by atoms with Gasteiger partial charge < -0.3 is 24.4 Å². The first-order valence-corrected chi connectivity index (χ1v) is 9.77. The molecule has 0 saturated carbocycles. The molecule has 9 heteroatoms. The normalized spacial score (nSPS) is 15.1. The number of H-pyrrole nitrogens is 1. The second-order valence-electron chi connectivity index (χ2n) is 7.06. The maximum atomic E-state index is 5.49. The molecule has 0 atom stereocenters. The summed E-state index contributed by atoms with van der Waals surface area (Å²) < 4.78 is 16.3. The summed E-state index contributed by atoms with van der Waals surface area (Å²) in [6.07, 6.45) is 3.73. The van der Waals surface area contributed by atoms with Crippen LogP contribution in [-0.2, 0) is 17.8 Å². The van der Waals surface area contributed by atoms with Gasteiger partial charge in [-0.15, -0.1) is 12.4 Å². The van der Waals surface area contributed by atoms with Gasteiger partial charge in [0, 0.05) is 43.5 Å². The molecule has 2 aliphatic heterocycles. The van der Waals surface area contributed by atoms with E-state index >= 15 is 0 Å². The van der Waals surface area contributed by atoms with Crippen LogP contribution in [0.5, 0.6) is 11.5 Å². The first-order chi connectivity index (χ1) is 14.4. The van der Waals surface area contributed by atoms with Gasteiger partial charge in [-0.1, -0.05) is 0 Å². The van der Waals surface area contributed by atoms with Crippen molar-refractivity contribution in [2.45, 2.75) is 13.1 Å². The van der Waals surface area contributed by atoms with Crippen molar-refractivity contribution in [3.63, 3.8) is 0 Å². The van der Waals surface area contributed by atoms with E-state index in [1.165, 1.54) is 5.56 Å². The fourth-order valence-corrected chi connectivity index (χ4v) is 3.62. The van der Waals surface area contributed by atoms with Crippen LogP contribution in [0.3, 0.4) is 0 Å². The Morgan fingerprint density at radius 3 is 2.80 bits per heavy atom. The van der Waals surface area contributed by atoms with Crippen molar-refractivity contribution in [2.24, 2.45) is 0 Å². The Kier molecular flexibility index (Phi) is 6.37. The summed E-state index contributed by atoms with van der Waals surface area (Å²) in [5.74, 6) is 2.56. The highest BCUT2D eigenvalue weighted by atomic mass is 35.5. The molecule has 0 spiro atoms. The zero-order valence-corrected chi connectivity index (χ0v) is 17.3. The van der Waals surface area contributed by atoms with Crippen LogP contribution in [0.4, 0.5) is 5.82 Å². The zero-order valence-electron chi connectivity index (χ0n) is 16.5. The Bertz CT molecular complexity index is 990. The Morgan fingerprint density at radius 2 is 1.90 bits per heavy atom. The Balaban J connectivity index is 0.00000218. The third-order valence-corrected chi connectivity index (χ3v) is 5.17. The summed E-state index contributed by atoms with van der Waals surface area (Å²) in [5.41, 5.74) is 4.32. The van der Waals surface area contributed by atoms with Crippen LogP contribution >= 0.6 is 12.4 Å². The molecule has 0 unspecified atom stereocenters. The number of aromatic nitrogens is 3. The lowest BCUT2D eigenvalue weighted by Crippen LogP contribution is -2.36. The number of anilines is 1. The summed E-state index contributed by atoms with van der Waals surface area (Å²) in [6, 6.07) is 10.1. The molecule has 2 aromatic heterocycles. The van der Waals surface area contributed by atoms with E-state index in [4.69, 9.17) is 14.2 Å². The number of aromatic amines is 1. The number of benzene rings is 1. The number of fused-ring (bicyclic) bond motifs is 1. The summed E-state index contributed by atoms with van der Waals surface area (Å²) >= 11 is 0. The average molecular weight is 430 g/mol. The molecule has 2 N–H and O–H groups in total. The van der Waals surface area contributed by atoms with Crippen LogP contribution < -0.4 is 19.7 Å². The summed E-state index contributed by atoms with van der Waals surface area (Å²) in [5, 5.41) is 10.8. The van der Waals surface area contributed by atoms with Gasteiger partial charge in [0.15, 0.2) is 11.5 Å². The lowest BCUT2D eigenvalue weighted by Gasteiger charge is -2.28. The van der Waals surface area contributed by atoms with E-state index in [-0.39, 0.29) is 19.2 Å². The Morgan fingerprint density at radius 1 is 1.03 bits per heavy atom. The molecular weight excluding hydrogens is 406 g/mol. The van der Waals surface area contributed by atoms with Gasteiger partial charge in [0.05, 0.1) is 25.1 Å². The minimum atomic E-state index is 0. The molecule has 0 aliphatic carbocycles. The SMILES string of the molecule is Cl.c1cc(CNCc2cn[nH]c2-c2ccc3c(c2)OCO3)cc(N2CCOCC2)n1. The summed E-state index contributed by atoms with van der Waals surface area (Å²) in [7, 11) is 0. The van der Waals surface area contributed by atoms with Crippen molar-refractivity contribution in [3.8, 4) is 22.8 Å². The second-order valence-corrected chi connectivity index (χ2v) is 7.06. The predicted octanol–water partition coefficient (Wildman–Crippen LogP) is 2.75. The van der Waals surface area contributed by atoms with E-state index in [1.54, 1.807) is 0 Å². The largest absolute Gasteiger partial charge is 0.454 e. The molecule has 8 nitrogen and oxygen atoms in total. The topological polar surface area (TPSA) is 84.5 Å². The van der Waals surface area contributed by atoms with E-state index in [1.807, 2.05) is 36.7 Å². The van der Waals surface area contributed by atoms with Gasteiger partial charge >= 0.3 is 0 Å². The lowest BCUT2D eigenvalue weighted by molar-refractivity contribution is 0.122. The van der Waals surface area contributed by atoms with E-state index in [9.17, 15) is 0 Å². The van der Waals surface area contributed by atoms with Gasteiger partial charge in [-0.25, -0.2) is 4.98 Å². The third-order valence-electron chi connectivity index (χ3n) is 5.17. The highest BCUT2D eigenvalue weighted by molar-refractivity contribution is 5.85. The molecule has 1 fully saturated rings. The minimum absolute atomic E-state index is 0. The maximum Gasteiger partial charge on any atom is 0.231 e. The molecule has 4 heterocycles. The van der Waals surface area contributed by atoms with Gasteiger partial charge in [0.2, 0.25) is 6.79 Å². The number of nitrogens with zero attached hydrogens (tertiary/aromatic N) is 3. The Labute approximate surface area is 181 Å². The van der Waals surface area contributed by atoms with Crippen LogP contribution in [0, 0.1) is 0 Å². The van der Waals surface area contributed by atoms with E-state index < -0.39 is 0 Å². The number of halogens is 1.